The molecule has 0 amide bonds. The lowest BCUT2D eigenvalue weighted by atomic mass is 9.95. The first-order chi connectivity index (χ1) is 26.5. The van der Waals surface area contributed by atoms with Gasteiger partial charge < -0.3 is 129 Å². The highest BCUT2D eigenvalue weighted by Gasteiger charge is 2.57. The average Bonchev–Trinajstić information content (AvgIpc) is 3.18. The van der Waals surface area contributed by atoms with Gasteiger partial charge in [0.2, 0.25) is 0 Å². The maximum atomic E-state index is 11.3. The normalized spacial score (nSPS) is 53.2. The largest absolute Gasteiger partial charge is 0.394 e. The van der Waals surface area contributed by atoms with Gasteiger partial charge in [-0.15, -0.1) is 0 Å². The molecular formula is C30H52O26. The molecule has 328 valence electrons. The first kappa shape index (κ1) is 46.0. The summed E-state index contributed by atoms with van der Waals surface area (Å²) in [5, 5.41) is 177. The van der Waals surface area contributed by atoms with Crippen LogP contribution in [-0.2, 0) is 42.6 Å². The van der Waals surface area contributed by atoms with Crippen molar-refractivity contribution >= 4 is 0 Å². The quantitative estimate of drug-likeness (QED) is 0.0819. The zero-order valence-corrected chi connectivity index (χ0v) is 29.2. The van der Waals surface area contributed by atoms with Gasteiger partial charge in [-0.1, -0.05) is 0 Å². The van der Waals surface area contributed by atoms with Crippen LogP contribution in [0.15, 0.2) is 0 Å². The molecule has 0 aromatic heterocycles. The molecule has 5 aliphatic heterocycles. The topological polar surface area (TPSA) is 427 Å². The summed E-state index contributed by atoms with van der Waals surface area (Å²) in [6, 6.07) is 0. The smallest absolute Gasteiger partial charge is 0.187 e. The zero-order chi connectivity index (χ0) is 41.3. The maximum Gasteiger partial charge on any atom is 0.187 e. The van der Waals surface area contributed by atoms with Gasteiger partial charge in [0.15, 0.2) is 31.5 Å². The molecule has 0 radical (unpaired) electrons. The van der Waals surface area contributed by atoms with Crippen molar-refractivity contribution in [1.82, 2.24) is 0 Å². The Morgan fingerprint density at radius 2 is 0.571 bits per heavy atom. The monoisotopic (exact) mass is 828 g/mol. The highest BCUT2D eigenvalue weighted by molar-refractivity contribution is 4.98. The van der Waals surface area contributed by atoms with Crippen molar-refractivity contribution < 1.29 is 129 Å². The molecule has 0 bridgehead atoms. The van der Waals surface area contributed by atoms with Crippen molar-refractivity contribution in [2.75, 3.05) is 33.0 Å². The highest BCUT2D eigenvalue weighted by Crippen LogP contribution is 2.36. The standard InChI is InChI=1S/C30H52O26/c31-1-6-12(37)17(42)23(26(47)48-6)54-29-25(19(44)14(39)8(3-33)51-29)56-30-24(18(43)13(38)9(4-34)52-30)55-28-21(46)22(15(40)10(5-35)50-28)53-27-20(45)16(41)11(36)7(2-32)49-27/h6-47H,1-5H2/t6-,7-,8-,9-,10-,11-,12-,13-,14-,15-,16+,17+,18+,19+,20+,21+,22+,23+,24+,25+,26+,27-,28-,29-,30-/m1/s1. The van der Waals surface area contributed by atoms with Gasteiger partial charge in [0, 0.05) is 0 Å². The molecule has 26 nitrogen and oxygen atoms in total. The molecule has 17 N–H and O–H groups in total. The van der Waals surface area contributed by atoms with Gasteiger partial charge in [0.1, 0.15) is 122 Å². The Bertz CT molecular complexity index is 1210. The second-order valence-electron chi connectivity index (χ2n) is 13.9. The molecule has 5 saturated heterocycles. The van der Waals surface area contributed by atoms with Crippen molar-refractivity contribution in [2.45, 2.75) is 154 Å². The van der Waals surface area contributed by atoms with Gasteiger partial charge in [-0.05, 0) is 0 Å². The van der Waals surface area contributed by atoms with Crippen molar-refractivity contribution in [3.8, 4) is 0 Å². The molecule has 0 aromatic rings. The third-order valence-corrected chi connectivity index (χ3v) is 10.3. The third kappa shape index (κ3) is 9.16. The van der Waals surface area contributed by atoms with E-state index in [1.54, 1.807) is 0 Å². The van der Waals surface area contributed by atoms with Gasteiger partial charge in [0.25, 0.3) is 0 Å². The molecule has 5 rings (SSSR count). The lowest BCUT2D eigenvalue weighted by Gasteiger charge is -2.50. The van der Waals surface area contributed by atoms with E-state index in [-0.39, 0.29) is 0 Å². The molecule has 0 aromatic carbocycles. The first-order valence-electron chi connectivity index (χ1n) is 17.6. The molecule has 5 aliphatic rings. The maximum absolute atomic E-state index is 11.3. The summed E-state index contributed by atoms with van der Waals surface area (Å²) in [5.74, 6) is 0. The Hall–Kier alpha value is -1.04. The van der Waals surface area contributed by atoms with Crippen LogP contribution in [0.5, 0.6) is 0 Å². The summed E-state index contributed by atoms with van der Waals surface area (Å²) in [4.78, 5) is 0. The van der Waals surface area contributed by atoms with Gasteiger partial charge >= 0.3 is 0 Å². The second-order valence-corrected chi connectivity index (χ2v) is 13.9. The van der Waals surface area contributed by atoms with Crippen LogP contribution in [0.3, 0.4) is 0 Å². The minimum absolute atomic E-state index is 0.830. The zero-order valence-electron chi connectivity index (χ0n) is 29.2. The predicted octanol–water partition coefficient (Wildman–Crippen LogP) is -11.9. The minimum atomic E-state index is -2.17. The summed E-state index contributed by atoms with van der Waals surface area (Å²) < 4.78 is 49.8. The van der Waals surface area contributed by atoms with E-state index < -0.39 is 187 Å². The van der Waals surface area contributed by atoms with Crippen LogP contribution < -0.4 is 0 Å². The molecule has 56 heavy (non-hydrogen) atoms. The molecule has 0 unspecified atom stereocenters. The Labute approximate surface area is 316 Å². The van der Waals surface area contributed by atoms with Gasteiger partial charge in [-0.25, -0.2) is 0 Å². The van der Waals surface area contributed by atoms with E-state index in [4.69, 9.17) is 42.6 Å². The van der Waals surface area contributed by atoms with Crippen LogP contribution in [-0.4, -0.2) is 273 Å². The van der Waals surface area contributed by atoms with Crippen LogP contribution in [0.4, 0.5) is 0 Å². The Balaban J connectivity index is 1.41. The molecule has 0 aliphatic carbocycles. The fourth-order valence-corrected chi connectivity index (χ4v) is 6.97. The summed E-state index contributed by atoms with van der Waals surface area (Å²) >= 11 is 0. The summed E-state index contributed by atoms with van der Waals surface area (Å²) in [7, 11) is 0. The summed E-state index contributed by atoms with van der Waals surface area (Å²) in [6.45, 7) is -4.58. The third-order valence-electron chi connectivity index (χ3n) is 10.3. The Morgan fingerprint density at radius 3 is 1.02 bits per heavy atom. The SMILES string of the molecule is OC[C@H]1O[C@H](O[C@@H]2[C@H](O)[C@@H](O[C@@H]3[C@@H](O[C@@H]4[C@@H](O[C@H]5[C@@H](O)[C@H](O)[C@@H](CO)O[C@@H]5O)O[C@H](CO)[C@@H](O)[C@@H]4O)O[C@H](CO)[C@@H](O)[C@@H]3O)O[C@H](CO)[C@H]2O)[C@@H](O)[C@@H](O)[C@@H]1O. The summed E-state index contributed by atoms with van der Waals surface area (Å²) in [6.07, 6.45) is -47.8. The van der Waals surface area contributed by atoms with Crippen molar-refractivity contribution in [3.63, 3.8) is 0 Å². The number of aliphatic hydroxyl groups is 17. The average molecular weight is 829 g/mol. The van der Waals surface area contributed by atoms with Crippen LogP contribution >= 0.6 is 0 Å². The Kier molecular flexibility index (Phi) is 16.1. The number of hydrogen-bond donors (Lipinski definition) is 17. The fraction of sp³-hybridized carbons (Fsp3) is 1.00. The van der Waals surface area contributed by atoms with Gasteiger partial charge in [-0.3, -0.25) is 0 Å². The number of ether oxygens (including phenoxy) is 9. The fourth-order valence-electron chi connectivity index (χ4n) is 6.97. The van der Waals surface area contributed by atoms with Crippen LogP contribution in [0.25, 0.3) is 0 Å². The molecule has 26 heteroatoms. The van der Waals surface area contributed by atoms with E-state index in [2.05, 4.69) is 0 Å². The lowest BCUT2D eigenvalue weighted by Crippen LogP contribution is -2.68. The summed E-state index contributed by atoms with van der Waals surface area (Å²) in [5.41, 5.74) is 0. The van der Waals surface area contributed by atoms with E-state index in [1.165, 1.54) is 0 Å². The second kappa shape index (κ2) is 19.6. The highest BCUT2D eigenvalue weighted by atomic mass is 16.8. The van der Waals surface area contributed by atoms with Crippen molar-refractivity contribution in [2.24, 2.45) is 0 Å². The molecule has 0 spiro atoms. The van der Waals surface area contributed by atoms with E-state index in [0.29, 0.717) is 0 Å². The van der Waals surface area contributed by atoms with Gasteiger partial charge in [-0.2, -0.15) is 0 Å². The molecule has 25 atom stereocenters. The van der Waals surface area contributed by atoms with Crippen LogP contribution in [0.1, 0.15) is 0 Å². The Morgan fingerprint density at radius 1 is 0.268 bits per heavy atom. The molecular weight excluding hydrogens is 776 g/mol. The lowest BCUT2D eigenvalue weighted by molar-refractivity contribution is -0.409. The van der Waals surface area contributed by atoms with Crippen molar-refractivity contribution in [1.29, 1.82) is 0 Å². The van der Waals surface area contributed by atoms with E-state index in [1.807, 2.05) is 0 Å². The molecule has 5 heterocycles. The first-order valence-corrected chi connectivity index (χ1v) is 17.6. The van der Waals surface area contributed by atoms with E-state index in [0.717, 1.165) is 0 Å². The molecule has 0 saturated carbocycles. The van der Waals surface area contributed by atoms with Crippen molar-refractivity contribution in [3.05, 3.63) is 0 Å². The van der Waals surface area contributed by atoms with Crippen LogP contribution in [0.2, 0.25) is 0 Å². The predicted molar refractivity (Wildman–Crippen MR) is 167 cm³/mol. The molecule has 5 fully saturated rings. The minimum Gasteiger partial charge on any atom is -0.394 e. The van der Waals surface area contributed by atoms with E-state index >= 15 is 0 Å². The van der Waals surface area contributed by atoms with Gasteiger partial charge in [0.05, 0.1) is 33.0 Å². The van der Waals surface area contributed by atoms with Crippen LogP contribution in [0, 0.1) is 0 Å². The van der Waals surface area contributed by atoms with E-state index in [9.17, 15) is 86.8 Å². The number of rotatable bonds is 13. The number of hydrogen-bond acceptors (Lipinski definition) is 26. The number of aliphatic hydroxyl groups excluding tert-OH is 17.